The summed E-state index contributed by atoms with van der Waals surface area (Å²) in [6.45, 7) is 4.73. The van der Waals surface area contributed by atoms with Crippen LogP contribution in [0.5, 0.6) is 0 Å². The molecule has 0 rings (SSSR count). The van der Waals surface area contributed by atoms with Gasteiger partial charge >= 0.3 is 0 Å². The van der Waals surface area contributed by atoms with E-state index in [0.29, 0.717) is 19.6 Å². The molecule has 0 aromatic heterocycles. The first-order chi connectivity index (χ1) is 4.85. The normalized spacial score (nSPS) is 8.31. The molecule has 0 aliphatic carbocycles. The maximum Gasteiger partial charge on any atom is 0.0106 e. The third-order valence-electron chi connectivity index (χ3n) is 1.34. The lowest BCUT2D eigenvalue weighted by atomic mass is 10.4. The number of halogens is 3. The molecule has 7 heteroatoms. The topological polar surface area (TPSA) is 81.3 Å². The third-order valence-corrected chi connectivity index (χ3v) is 1.34. The van der Waals surface area contributed by atoms with E-state index in [1.165, 1.54) is 0 Å². The smallest absolute Gasteiger partial charge is 0.0106 e. The van der Waals surface area contributed by atoms with Crippen LogP contribution in [0.15, 0.2) is 0 Å². The van der Waals surface area contributed by atoms with Gasteiger partial charge in [0.25, 0.3) is 0 Å². The summed E-state index contributed by atoms with van der Waals surface area (Å²) in [6.07, 6.45) is 0. The maximum atomic E-state index is 5.37. The second kappa shape index (κ2) is 18.9. The second-order valence-electron chi connectivity index (χ2n) is 2.21. The Balaban J connectivity index is -0.000000135. The van der Waals surface area contributed by atoms with Crippen LogP contribution in [-0.4, -0.2) is 44.2 Å². The molecule has 0 unspecified atom stereocenters. The standard InChI is InChI=1S/C6H18N4.3BrH/c7-1-4-10(5-2-8)6-3-9;;;/h1-9H2;3*1H. The van der Waals surface area contributed by atoms with Gasteiger partial charge in [0, 0.05) is 39.3 Å². The molecule has 0 aliphatic heterocycles. The Kier molecular flexibility index (Phi) is 34.7. The minimum atomic E-state index is 0. The zero-order chi connectivity index (χ0) is 7.82. The number of nitrogens with two attached hydrogens (primary N) is 3. The van der Waals surface area contributed by atoms with Gasteiger partial charge in [-0.15, -0.1) is 50.9 Å². The quantitative estimate of drug-likeness (QED) is 0.593. The van der Waals surface area contributed by atoms with E-state index in [0.717, 1.165) is 19.6 Å². The number of nitrogens with zero attached hydrogens (tertiary/aromatic N) is 1. The van der Waals surface area contributed by atoms with Crippen molar-refractivity contribution >= 4 is 50.9 Å². The first-order valence-electron chi connectivity index (χ1n) is 3.67. The molecule has 0 saturated carbocycles. The highest BCUT2D eigenvalue weighted by Crippen LogP contribution is 1.81. The molecule has 0 heterocycles. The molecule has 0 aromatic carbocycles. The van der Waals surface area contributed by atoms with Crippen LogP contribution < -0.4 is 17.2 Å². The van der Waals surface area contributed by atoms with E-state index in [4.69, 9.17) is 17.2 Å². The highest BCUT2D eigenvalue weighted by molar-refractivity contribution is 8.93. The predicted octanol–water partition coefficient (Wildman–Crippen LogP) is -0.102. The Bertz CT molecular complexity index is 62.6. The van der Waals surface area contributed by atoms with Crippen LogP contribution in [0.2, 0.25) is 0 Å². The lowest BCUT2D eigenvalue weighted by Crippen LogP contribution is -2.37. The van der Waals surface area contributed by atoms with Gasteiger partial charge in [0.2, 0.25) is 0 Å². The van der Waals surface area contributed by atoms with E-state index in [1.807, 2.05) is 0 Å². The Morgan fingerprint density at radius 1 is 0.615 bits per heavy atom. The monoisotopic (exact) mass is 386 g/mol. The van der Waals surface area contributed by atoms with Crippen molar-refractivity contribution in [2.24, 2.45) is 17.2 Å². The Labute approximate surface area is 112 Å². The summed E-state index contributed by atoms with van der Waals surface area (Å²) in [5, 5.41) is 0. The van der Waals surface area contributed by atoms with Gasteiger partial charge in [0.05, 0.1) is 0 Å². The van der Waals surface area contributed by atoms with Crippen molar-refractivity contribution in [3.63, 3.8) is 0 Å². The molecule has 0 radical (unpaired) electrons. The Morgan fingerprint density at radius 2 is 0.846 bits per heavy atom. The highest BCUT2D eigenvalue weighted by atomic mass is 79.9. The molecular formula is C6H21Br3N4. The van der Waals surface area contributed by atoms with Gasteiger partial charge in [-0.05, 0) is 0 Å². The second-order valence-corrected chi connectivity index (χ2v) is 2.21. The molecule has 13 heavy (non-hydrogen) atoms. The van der Waals surface area contributed by atoms with Crippen molar-refractivity contribution in [2.75, 3.05) is 39.3 Å². The van der Waals surface area contributed by atoms with Crippen LogP contribution in [0.4, 0.5) is 0 Å². The average molecular weight is 389 g/mol. The fraction of sp³-hybridized carbons (Fsp3) is 1.00. The number of rotatable bonds is 6. The number of hydrogen-bond donors (Lipinski definition) is 3. The first-order valence-corrected chi connectivity index (χ1v) is 3.67. The van der Waals surface area contributed by atoms with Crippen LogP contribution in [-0.2, 0) is 0 Å². The first kappa shape index (κ1) is 23.8. The molecule has 0 aliphatic rings. The molecule has 0 fully saturated rings. The summed E-state index contributed by atoms with van der Waals surface area (Å²) in [6, 6.07) is 0. The van der Waals surface area contributed by atoms with Crippen molar-refractivity contribution in [1.29, 1.82) is 0 Å². The van der Waals surface area contributed by atoms with Gasteiger partial charge in [0.15, 0.2) is 0 Å². The van der Waals surface area contributed by atoms with Crippen LogP contribution in [0, 0.1) is 0 Å². The maximum absolute atomic E-state index is 5.37. The van der Waals surface area contributed by atoms with Gasteiger partial charge in [0.1, 0.15) is 0 Å². The fourth-order valence-corrected chi connectivity index (χ4v) is 0.883. The van der Waals surface area contributed by atoms with Crippen LogP contribution in [0.1, 0.15) is 0 Å². The summed E-state index contributed by atoms with van der Waals surface area (Å²) >= 11 is 0. The van der Waals surface area contributed by atoms with Gasteiger partial charge in [-0.2, -0.15) is 0 Å². The third kappa shape index (κ3) is 16.0. The van der Waals surface area contributed by atoms with E-state index in [2.05, 4.69) is 4.90 Å². The van der Waals surface area contributed by atoms with E-state index in [-0.39, 0.29) is 50.9 Å². The van der Waals surface area contributed by atoms with Crippen molar-refractivity contribution in [3.8, 4) is 0 Å². The predicted molar refractivity (Wildman–Crippen MR) is 74.6 cm³/mol. The van der Waals surface area contributed by atoms with Gasteiger partial charge in [-0.25, -0.2) is 0 Å². The summed E-state index contributed by atoms with van der Waals surface area (Å²) < 4.78 is 0. The van der Waals surface area contributed by atoms with Crippen molar-refractivity contribution < 1.29 is 0 Å². The molecule has 0 saturated heterocycles. The minimum Gasteiger partial charge on any atom is -0.329 e. The molecular weight excluding hydrogens is 368 g/mol. The van der Waals surface area contributed by atoms with Crippen LogP contribution >= 0.6 is 50.9 Å². The summed E-state index contributed by atoms with van der Waals surface area (Å²) in [4.78, 5) is 2.17. The van der Waals surface area contributed by atoms with Gasteiger partial charge in [-0.1, -0.05) is 0 Å². The molecule has 86 valence electrons. The minimum absolute atomic E-state index is 0. The summed E-state index contributed by atoms with van der Waals surface area (Å²) in [5.41, 5.74) is 16.1. The van der Waals surface area contributed by atoms with E-state index < -0.39 is 0 Å². The van der Waals surface area contributed by atoms with E-state index in [1.54, 1.807) is 0 Å². The van der Waals surface area contributed by atoms with Crippen LogP contribution in [0.25, 0.3) is 0 Å². The molecule has 4 nitrogen and oxygen atoms in total. The van der Waals surface area contributed by atoms with Gasteiger partial charge < -0.3 is 17.2 Å². The van der Waals surface area contributed by atoms with Crippen molar-refractivity contribution in [2.45, 2.75) is 0 Å². The molecule has 6 N–H and O–H groups in total. The Morgan fingerprint density at radius 3 is 1.00 bits per heavy atom. The molecule has 0 spiro atoms. The Hall–Kier alpha value is 1.28. The molecule has 0 aromatic rings. The van der Waals surface area contributed by atoms with Crippen molar-refractivity contribution in [3.05, 3.63) is 0 Å². The number of hydrogen-bond acceptors (Lipinski definition) is 4. The van der Waals surface area contributed by atoms with E-state index >= 15 is 0 Å². The van der Waals surface area contributed by atoms with Crippen molar-refractivity contribution in [1.82, 2.24) is 4.90 Å². The summed E-state index contributed by atoms with van der Waals surface area (Å²) in [7, 11) is 0. The highest BCUT2D eigenvalue weighted by Gasteiger charge is 1.98. The SMILES string of the molecule is Br.Br.Br.NCCN(CCN)CCN. The molecule has 0 atom stereocenters. The van der Waals surface area contributed by atoms with Gasteiger partial charge in [-0.3, -0.25) is 4.90 Å². The molecule has 0 bridgehead atoms. The fourth-order valence-electron chi connectivity index (χ4n) is 0.883. The lowest BCUT2D eigenvalue weighted by Gasteiger charge is -2.18. The lowest BCUT2D eigenvalue weighted by molar-refractivity contribution is 0.297. The summed E-state index contributed by atoms with van der Waals surface area (Å²) in [5.74, 6) is 0. The molecule has 0 amide bonds. The largest absolute Gasteiger partial charge is 0.329 e. The zero-order valence-corrected chi connectivity index (χ0v) is 12.8. The van der Waals surface area contributed by atoms with E-state index in [9.17, 15) is 0 Å². The zero-order valence-electron chi connectivity index (χ0n) is 7.65. The van der Waals surface area contributed by atoms with Crippen LogP contribution in [0.3, 0.4) is 0 Å². The average Bonchev–Trinajstić information content (AvgIpc) is 1.90.